The summed E-state index contributed by atoms with van der Waals surface area (Å²) in [6.45, 7) is 1.95. The van der Waals surface area contributed by atoms with Gasteiger partial charge in [-0.3, -0.25) is 14.4 Å². The Morgan fingerprint density at radius 3 is 2.48 bits per heavy atom. The molecule has 1 aliphatic rings. The van der Waals surface area contributed by atoms with Crippen molar-refractivity contribution in [2.45, 2.75) is 25.3 Å². The lowest BCUT2D eigenvalue weighted by atomic mass is 9.87. The molecule has 1 heterocycles. The zero-order valence-corrected chi connectivity index (χ0v) is 13.7. The zero-order valence-electron chi connectivity index (χ0n) is 13.7. The molecule has 3 N–H and O–H groups in total. The molecule has 1 aliphatic heterocycles. The number of hydrogen-bond acceptors (Lipinski definition) is 3. The Kier molecular flexibility index (Phi) is 4.27. The first kappa shape index (κ1) is 16.7. The van der Waals surface area contributed by atoms with E-state index in [0.29, 0.717) is 11.3 Å². The van der Waals surface area contributed by atoms with Gasteiger partial charge in [-0.1, -0.05) is 48.0 Å². The molecule has 0 radical (unpaired) electrons. The van der Waals surface area contributed by atoms with Crippen molar-refractivity contribution in [3.63, 3.8) is 0 Å². The van der Waals surface area contributed by atoms with Crippen LogP contribution in [0.3, 0.4) is 0 Å². The van der Waals surface area contributed by atoms with Crippen molar-refractivity contribution >= 4 is 23.5 Å². The average molecular weight is 338 g/mol. The number of aliphatic carboxylic acids is 1. The number of nitrogens with one attached hydrogen (secondary N) is 2. The molecule has 2 amide bonds. The van der Waals surface area contributed by atoms with E-state index in [1.54, 1.807) is 24.3 Å². The highest BCUT2D eigenvalue weighted by Crippen LogP contribution is 2.38. The fourth-order valence-electron chi connectivity index (χ4n) is 3.06. The lowest BCUT2D eigenvalue weighted by molar-refractivity contribution is -0.142. The molecule has 6 nitrogen and oxygen atoms in total. The molecule has 0 spiro atoms. The van der Waals surface area contributed by atoms with Crippen molar-refractivity contribution in [3.8, 4) is 0 Å². The summed E-state index contributed by atoms with van der Waals surface area (Å²) in [5.74, 6) is -2.10. The Hall–Kier alpha value is -3.15. The number of aryl methyl sites for hydroxylation is 1. The van der Waals surface area contributed by atoms with Gasteiger partial charge in [-0.05, 0) is 18.6 Å². The fourth-order valence-corrected chi connectivity index (χ4v) is 3.06. The molecule has 6 heteroatoms. The lowest BCUT2D eigenvalue weighted by Crippen LogP contribution is -2.52. The van der Waals surface area contributed by atoms with E-state index in [-0.39, 0.29) is 6.42 Å². The summed E-state index contributed by atoms with van der Waals surface area (Å²) in [4.78, 5) is 36.4. The normalized spacial score (nSPS) is 18.4. The molecule has 2 aromatic carbocycles. The molecule has 1 atom stereocenters. The predicted molar refractivity (Wildman–Crippen MR) is 92.0 cm³/mol. The van der Waals surface area contributed by atoms with Crippen LogP contribution < -0.4 is 10.6 Å². The molecule has 128 valence electrons. The standard InChI is InChI=1S/C19H18N2O4/c1-12-6-8-13(9-7-12)10-16(22)21-19(11-17(23)24)14-4-2-3-5-15(14)20-18(19)25/h2-9H,10-11H2,1H3,(H,20,25)(H,21,22)(H,23,24). The van der Waals surface area contributed by atoms with Gasteiger partial charge in [0, 0.05) is 11.3 Å². The molecule has 0 aromatic heterocycles. The molecule has 1 unspecified atom stereocenters. The van der Waals surface area contributed by atoms with E-state index in [4.69, 9.17) is 0 Å². The Labute approximate surface area is 144 Å². The van der Waals surface area contributed by atoms with Crippen molar-refractivity contribution in [2.75, 3.05) is 5.32 Å². The second-order valence-electron chi connectivity index (χ2n) is 6.19. The van der Waals surface area contributed by atoms with Crippen molar-refractivity contribution < 1.29 is 19.5 Å². The van der Waals surface area contributed by atoms with E-state index in [2.05, 4.69) is 10.6 Å². The molecular weight excluding hydrogens is 320 g/mol. The molecule has 25 heavy (non-hydrogen) atoms. The third kappa shape index (κ3) is 3.24. The summed E-state index contributed by atoms with van der Waals surface area (Å²) in [5, 5.41) is 14.6. The van der Waals surface area contributed by atoms with Crippen LogP contribution in [-0.2, 0) is 26.3 Å². The number of para-hydroxylation sites is 1. The maximum atomic E-state index is 12.5. The number of fused-ring (bicyclic) bond motifs is 1. The van der Waals surface area contributed by atoms with Crippen LogP contribution in [0.5, 0.6) is 0 Å². The second kappa shape index (κ2) is 6.39. The van der Waals surface area contributed by atoms with Gasteiger partial charge in [-0.25, -0.2) is 0 Å². The van der Waals surface area contributed by atoms with E-state index in [1.807, 2.05) is 31.2 Å². The number of carboxylic acid groups (broad SMARTS) is 1. The summed E-state index contributed by atoms with van der Waals surface area (Å²) in [5.41, 5.74) is 1.27. The minimum Gasteiger partial charge on any atom is -0.481 e. The molecule has 0 fully saturated rings. The van der Waals surface area contributed by atoms with Gasteiger partial charge in [0.15, 0.2) is 5.54 Å². The van der Waals surface area contributed by atoms with E-state index in [9.17, 15) is 19.5 Å². The SMILES string of the molecule is Cc1ccc(CC(=O)NC2(CC(=O)O)C(=O)Nc3ccccc32)cc1. The molecular formula is C19H18N2O4. The number of hydrogen-bond donors (Lipinski definition) is 3. The second-order valence-corrected chi connectivity index (χ2v) is 6.19. The third-order valence-corrected chi connectivity index (χ3v) is 4.28. The van der Waals surface area contributed by atoms with E-state index in [1.165, 1.54) is 0 Å². The third-order valence-electron chi connectivity index (χ3n) is 4.28. The highest BCUT2D eigenvalue weighted by Gasteiger charge is 2.49. The van der Waals surface area contributed by atoms with Gasteiger partial charge in [0.05, 0.1) is 12.8 Å². The Bertz CT molecular complexity index is 845. The molecule has 3 rings (SSSR count). The van der Waals surface area contributed by atoms with E-state index >= 15 is 0 Å². The Morgan fingerprint density at radius 1 is 1.12 bits per heavy atom. The zero-order chi connectivity index (χ0) is 18.0. The van der Waals surface area contributed by atoms with Crippen LogP contribution in [-0.4, -0.2) is 22.9 Å². The van der Waals surface area contributed by atoms with Crippen molar-refractivity contribution in [2.24, 2.45) is 0 Å². The lowest BCUT2D eigenvalue weighted by Gasteiger charge is -2.27. The largest absolute Gasteiger partial charge is 0.481 e. The minimum atomic E-state index is -1.59. The number of anilines is 1. The van der Waals surface area contributed by atoms with E-state index < -0.39 is 29.7 Å². The highest BCUT2D eigenvalue weighted by atomic mass is 16.4. The molecule has 0 saturated carbocycles. The number of amides is 2. The maximum Gasteiger partial charge on any atom is 0.306 e. The van der Waals surface area contributed by atoms with Crippen LogP contribution in [0.15, 0.2) is 48.5 Å². The molecule has 2 aromatic rings. The first-order valence-electron chi connectivity index (χ1n) is 7.90. The number of rotatable bonds is 5. The smallest absolute Gasteiger partial charge is 0.306 e. The summed E-state index contributed by atoms with van der Waals surface area (Å²) in [7, 11) is 0. The predicted octanol–water partition coefficient (Wildman–Crippen LogP) is 1.98. The van der Waals surface area contributed by atoms with Crippen LogP contribution in [0.4, 0.5) is 5.69 Å². The van der Waals surface area contributed by atoms with Crippen LogP contribution in [0, 0.1) is 6.92 Å². The van der Waals surface area contributed by atoms with Gasteiger partial charge in [-0.2, -0.15) is 0 Å². The average Bonchev–Trinajstić information content (AvgIpc) is 2.81. The Balaban J connectivity index is 1.89. The van der Waals surface area contributed by atoms with Gasteiger partial charge in [0.1, 0.15) is 0 Å². The fraction of sp³-hybridized carbons (Fsp3) is 0.211. The van der Waals surface area contributed by atoms with Crippen LogP contribution in [0.2, 0.25) is 0 Å². The van der Waals surface area contributed by atoms with Gasteiger partial charge in [-0.15, -0.1) is 0 Å². The first-order valence-corrected chi connectivity index (χ1v) is 7.90. The summed E-state index contributed by atoms with van der Waals surface area (Å²) in [6.07, 6.45) is -0.452. The van der Waals surface area contributed by atoms with Crippen molar-refractivity contribution in [1.82, 2.24) is 5.32 Å². The van der Waals surface area contributed by atoms with Crippen molar-refractivity contribution in [3.05, 3.63) is 65.2 Å². The van der Waals surface area contributed by atoms with Gasteiger partial charge in [0.2, 0.25) is 5.91 Å². The molecule has 0 bridgehead atoms. The number of carbonyl (C=O) groups is 3. The monoisotopic (exact) mass is 338 g/mol. The Morgan fingerprint density at radius 2 is 1.80 bits per heavy atom. The summed E-state index contributed by atoms with van der Waals surface area (Å²) < 4.78 is 0. The highest BCUT2D eigenvalue weighted by molar-refractivity contribution is 6.09. The number of carbonyl (C=O) groups excluding carboxylic acids is 2. The van der Waals surface area contributed by atoms with Crippen LogP contribution in [0.1, 0.15) is 23.1 Å². The quantitative estimate of drug-likeness (QED) is 0.777. The topological polar surface area (TPSA) is 95.5 Å². The molecule has 0 saturated heterocycles. The van der Waals surface area contributed by atoms with E-state index in [0.717, 1.165) is 11.1 Å². The van der Waals surface area contributed by atoms with Gasteiger partial charge >= 0.3 is 5.97 Å². The molecule has 0 aliphatic carbocycles. The number of benzene rings is 2. The first-order chi connectivity index (χ1) is 11.9. The van der Waals surface area contributed by atoms with Crippen LogP contribution in [0.25, 0.3) is 0 Å². The van der Waals surface area contributed by atoms with Gasteiger partial charge in [0.25, 0.3) is 5.91 Å². The van der Waals surface area contributed by atoms with Crippen LogP contribution >= 0.6 is 0 Å². The van der Waals surface area contributed by atoms with Gasteiger partial charge < -0.3 is 15.7 Å². The number of carboxylic acids is 1. The summed E-state index contributed by atoms with van der Waals surface area (Å²) in [6, 6.07) is 14.3. The summed E-state index contributed by atoms with van der Waals surface area (Å²) >= 11 is 0. The minimum absolute atomic E-state index is 0.0666. The van der Waals surface area contributed by atoms with Crippen molar-refractivity contribution in [1.29, 1.82) is 0 Å². The maximum absolute atomic E-state index is 12.5.